The molecule has 0 atom stereocenters. The zero-order valence-corrected chi connectivity index (χ0v) is 7.28. The molecule has 56 valence electrons. The monoisotopic (exact) mass is 185 g/mol. The van der Waals surface area contributed by atoms with Crippen molar-refractivity contribution in [3.63, 3.8) is 0 Å². The van der Waals surface area contributed by atoms with Crippen molar-refractivity contribution >= 4 is 33.3 Å². The van der Waals surface area contributed by atoms with Crippen molar-refractivity contribution in [1.82, 2.24) is 15.0 Å². The molecule has 2 heterocycles. The second kappa shape index (κ2) is 2.39. The van der Waals surface area contributed by atoms with E-state index in [0.717, 1.165) is 10.5 Å². The highest BCUT2D eigenvalue weighted by atomic mass is 35.5. The second-order valence-electron chi connectivity index (χ2n) is 2.07. The predicted octanol–water partition coefficient (Wildman–Crippen LogP) is 2.05. The number of hydrogen-bond acceptors (Lipinski definition) is 4. The summed E-state index contributed by atoms with van der Waals surface area (Å²) in [6.07, 6.45) is 1.74. The van der Waals surface area contributed by atoms with E-state index in [0.29, 0.717) is 10.1 Å². The SMILES string of the molecule is Cc1ncc2sc(Cl)nc2n1. The van der Waals surface area contributed by atoms with E-state index in [4.69, 9.17) is 11.6 Å². The van der Waals surface area contributed by atoms with Crippen LogP contribution < -0.4 is 0 Å². The summed E-state index contributed by atoms with van der Waals surface area (Å²) in [4.78, 5) is 12.1. The van der Waals surface area contributed by atoms with E-state index >= 15 is 0 Å². The Morgan fingerprint density at radius 1 is 1.45 bits per heavy atom. The van der Waals surface area contributed by atoms with Gasteiger partial charge < -0.3 is 0 Å². The number of aryl methyl sites for hydroxylation is 1. The van der Waals surface area contributed by atoms with Gasteiger partial charge in [0.1, 0.15) is 5.82 Å². The first kappa shape index (κ1) is 6.94. The first-order chi connectivity index (χ1) is 5.25. The van der Waals surface area contributed by atoms with Gasteiger partial charge in [0.2, 0.25) is 0 Å². The van der Waals surface area contributed by atoms with E-state index in [9.17, 15) is 0 Å². The highest BCUT2D eigenvalue weighted by Crippen LogP contribution is 2.22. The van der Waals surface area contributed by atoms with E-state index in [-0.39, 0.29) is 0 Å². The molecule has 5 heteroatoms. The molecule has 3 nitrogen and oxygen atoms in total. The van der Waals surface area contributed by atoms with Crippen LogP contribution in [0.4, 0.5) is 0 Å². The van der Waals surface area contributed by atoms with Gasteiger partial charge in [0, 0.05) is 0 Å². The Hall–Kier alpha value is -0.740. The molecule has 0 radical (unpaired) electrons. The molecule has 0 aliphatic carbocycles. The summed E-state index contributed by atoms with van der Waals surface area (Å²) in [6, 6.07) is 0. The van der Waals surface area contributed by atoms with Crippen LogP contribution in [0.25, 0.3) is 10.3 Å². The molecule has 0 saturated heterocycles. The molecular weight excluding hydrogens is 182 g/mol. The van der Waals surface area contributed by atoms with E-state index in [1.807, 2.05) is 6.92 Å². The molecule has 0 aromatic carbocycles. The summed E-state index contributed by atoms with van der Waals surface area (Å²) in [5.41, 5.74) is 0.688. The van der Waals surface area contributed by atoms with Gasteiger partial charge in [-0.05, 0) is 6.92 Å². The number of halogens is 1. The summed E-state index contributed by atoms with van der Waals surface area (Å²) in [6.45, 7) is 1.83. The Balaban J connectivity index is 2.82. The summed E-state index contributed by atoms with van der Waals surface area (Å²) in [5, 5.41) is 0. The number of fused-ring (bicyclic) bond motifs is 1. The Morgan fingerprint density at radius 3 is 3.09 bits per heavy atom. The zero-order valence-electron chi connectivity index (χ0n) is 5.71. The van der Waals surface area contributed by atoms with Gasteiger partial charge in [-0.25, -0.2) is 15.0 Å². The molecule has 0 N–H and O–H groups in total. The molecule has 0 fully saturated rings. The second-order valence-corrected chi connectivity index (χ2v) is 3.68. The minimum atomic E-state index is 0.514. The first-order valence-electron chi connectivity index (χ1n) is 3.01. The van der Waals surface area contributed by atoms with Gasteiger partial charge in [0.05, 0.1) is 10.9 Å². The van der Waals surface area contributed by atoms with Crippen LogP contribution >= 0.6 is 22.9 Å². The maximum atomic E-state index is 5.68. The third kappa shape index (κ3) is 1.19. The molecule has 0 saturated carbocycles. The fourth-order valence-corrected chi connectivity index (χ4v) is 1.73. The van der Waals surface area contributed by atoms with Crippen LogP contribution in [0, 0.1) is 6.92 Å². The Labute approximate surface area is 72.1 Å². The largest absolute Gasteiger partial charge is 0.240 e. The van der Waals surface area contributed by atoms with Crippen molar-refractivity contribution in [2.24, 2.45) is 0 Å². The quantitative estimate of drug-likeness (QED) is 0.631. The van der Waals surface area contributed by atoms with Crippen molar-refractivity contribution in [2.45, 2.75) is 6.92 Å². The standard InChI is InChI=1S/C6H4ClN3S/c1-3-8-2-4-5(9-3)10-6(7)11-4/h2H,1H3. The van der Waals surface area contributed by atoms with Crippen LogP contribution in [0.1, 0.15) is 5.82 Å². The van der Waals surface area contributed by atoms with Crippen LogP contribution in [-0.4, -0.2) is 15.0 Å². The molecule has 0 spiro atoms. The Bertz CT molecular complexity index is 398. The lowest BCUT2D eigenvalue weighted by atomic mass is 10.6. The molecular formula is C6H4ClN3S. The molecule has 0 aliphatic rings. The molecule has 0 unspecified atom stereocenters. The van der Waals surface area contributed by atoms with Crippen LogP contribution in [0.15, 0.2) is 6.20 Å². The summed E-state index contributed by atoms with van der Waals surface area (Å²) in [5.74, 6) is 0.722. The molecule has 2 aromatic rings. The molecule has 2 rings (SSSR count). The highest BCUT2D eigenvalue weighted by Gasteiger charge is 2.02. The number of nitrogens with zero attached hydrogens (tertiary/aromatic N) is 3. The maximum Gasteiger partial charge on any atom is 0.186 e. The summed E-state index contributed by atoms with van der Waals surface area (Å²) >= 11 is 7.07. The minimum Gasteiger partial charge on any atom is -0.240 e. The highest BCUT2D eigenvalue weighted by molar-refractivity contribution is 7.22. The van der Waals surface area contributed by atoms with Crippen molar-refractivity contribution in [1.29, 1.82) is 0 Å². The number of aromatic nitrogens is 3. The van der Waals surface area contributed by atoms with Gasteiger partial charge in [-0.1, -0.05) is 22.9 Å². The minimum absolute atomic E-state index is 0.514. The Morgan fingerprint density at radius 2 is 2.27 bits per heavy atom. The molecule has 0 aliphatic heterocycles. The van der Waals surface area contributed by atoms with E-state index in [1.165, 1.54) is 11.3 Å². The molecule has 0 amide bonds. The van der Waals surface area contributed by atoms with Gasteiger partial charge in [0.15, 0.2) is 10.1 Å². The maximum absolute atomic E-state index is 5.68. The molecule has 2 aromatic heterocycles. The fourth-order valence-electron chi connectivity index (χ4n) is 0.796. The van der Waals surface area contributed by atoms with Gasteiger partial charge in [0.25, 0.3) is 0 Å². The summed E-state index contributed by atoms with van der Waals surface area (Å²) < 4.78 is 1.44. The number of hydrogen-bond donors (Lipinski definition) is 0. The predicted molar refractivity (Wildman–Crippen MR) is 45.0 cm³/mol. The van der Waals surface area contributed by atoms with Crippen LogP contribution in [0.2, 0.25) is 4.47 Å². The van der Waals surface area contributed by atoms with Crippen LogP contribution in [0.3, 0.4) is 0 Å². The topological polar surface area (TPSA) is 38.7 Å². The third-order valence-corrected chi connectivity index (χ3v) is 2.33. The van der Waals surface area contributed by atoms with E-state index in [2.05, 4.69) is 15.0 Å². The molecule has 11 heavy (non-hydrogen) atoms. The van der Waals surface area contributed by atoms with Crippen molar-refractivity contribution in [3.8, 4) is 0 Å². The van der Waals surface area contributed by atoms with Gasteiger partial charge in [-0.15, -0.1) is 0 Å². The van der Waals surface area contributed by atoms with Gasteiger partial charge in [-0.3, -0.25) is 0 Å². The lowest BCUT2D eigenvalue weighted by Crippen LogP contribution is -1.84. The lowest BCUT2D eigenvalue weighted by molar-refractivity contribution is 1.08. The number of thiazole rings is 1. The van der Waals surface area contributed by atoms with Gasteiger partial charge >= 0.3 is 0 Å². The normalized spacial score (nSPS) is 10.7. The zero-order chi connectivity index (χ0) is 7.84. The smallest absolute Gasteiger partial charge is 0.186 e. The van der Waals surface area contributed by atoms with Crippen LogP contribution in [0.5, 0.6) is 0 Å². The first-order valence-corrected chi connectivity index (χ1v) is 4.21. The third-order valence-electron chi connectivity index (χ3n) is 1.24. The Kier molecular flexibility index (Phi) is 1.51. The fraction of sp³-hybridized carbons (Fsp3) is 0.167. The van der Waals surface area contributed by atoms with Crippen molar-refractivity contribution < 1.29 is 0 Å². The van der Waals surface area contributed by atoms with E-state index in [1.54, 1.807) is 6.20 Å². The van der Waals surface area contributed by atoms with Crippen molar-refractivity contribution in [2.75, 3.05) is 0 Å². The molecule has 0 bridgehead atoms. The summed E-state index contributed by atoms with van der Waals surface area (Å²) in [7, 11) is 0. The van der Waals surface area contributed by atoms with Crippen LogP contribution in [-0.2, 0) is 0 Å². The average molecular weight is 186 g/mol. The lowest BCUT2D eigenvalue weighted by Gasteiger charge is -1.86. The van der Waals surface area contributed by atoms with Crippen molar-refractivity contribution in [3.05, 3.63) is 16.5 Å². The van der Waals surface area contributed by atoms with Gasteiger partial charge in [-0.2, -0.15) is 0 Å². The average Bonchev–Trinajstić information content (AvgIpc) is 2.27. The van der Waals surface area contributed by atoms with E-state index < -0.39 is 0 Å². The number of rotatable bonds is 0.